The molecule has 5 heteroatoms. The Hall–Kier alpha value is -0.810. The molecule has 0 atom stereocenters. The van der Waals surface area contributed by atoms with Gasteiger partial charge in [0.05, 0.1) is 0 Å². The Bertz CT molecular complexity index is 252. The molecule has 0 aromatic carbocycles. The number of rotatable bonds is 1. The second-order valence-corrected chi connectivity index (χ2v) is 5.01. The first kappa shape index (κ1) is 12.6. The molecule has 0 radical (unpaired) electrons. The first-order valence-corrected chi connectivity index (χ1v) is 6.77. The van der Waals surface area contributed by atoms with Crippen molar-refractivity contribution in [1.29, 1.82) is 0 Å². The topological polar surface area (TPSA) is 56.9 Å². The summed E-state index contributed by atoms with van der Waals surface area (Å²) in [6, 6.07) is 0.780. The fourth-order valence-electron chi connectivity index (χ4n) is 3.02. The van der Waals surface area contributed by atoms with Gasteiger partial charge in [0.1, 0.15) is 0 Å². The Morgan fingerprint density at radius 1 is 1.12 bits per heavy atom. The average Bonchev–Trinajstić information content (AvgIpc) is 2.42. The van der Waals surface area contributed by atoms with Crippen LogP contribution in [0.3, 0.4) is 0 Å². The SMILES string of the molecule is CN=C(NN)N1CCC(N2CCCCC2)CC1. The molecule has 17 heavy (non-hydrogen) atoms. The van der Waals surface area contributed by atoms with Crippen LogP contribution in [0.5, 0.6) is 0 Å². The minimum atomic E-state index is 0.780. The van der Waals surface area contributed by atoms with E-state index in [9.17, 15) is 0 Å². The van der Waals surface area contributed by atoms with Gasteiger partial charge in [0.15, 0.2) is 0 Å². The summed E-state index contributed by atoms with van der Waals surface area (Å²) in [4.78, 5) is 9.09. The lowest BCUT2D eigenvalue weighted by Crippen LogP contribution is -2.52. The van der Waals surface area contributed by atoms with E-state index in [1.54, 1.807) is 7.05 Å². The van der Waals surface area contributed by atoms with E-state index in [0.29, 0.717) is 0 Å². The van der Waals surface area contributed by atoms with Crippen LogP contribution in [0, 0.1) is 0 Å². The number of nitrogens with one attached hydrogen (secondary N) is 1. The fourth-order valence-corrected chi connectivity index (χ4v) is 3.02. The van der Waals surface area contributed by atoms with Crippen molar-refractivity contribution >= 4 is 5.96 Å². The van der Waals surface area contributed by atoms with Gasteiger partial charge in [-0.25, -0.2) is 5.84 Å². The molecule has 2 fully saturated rings. The molecule has 0 amide bonds. The highest BCUT2D eigenvalue weighted by Gasteiger charge is 2.26. The monoisotopic (exact) mass is 239 g/mol. The van der Waals surface area contributed by atoms with Gasteiger partial charge in [-0.3, -0.25) is 10.4 Å². The summed E-state index contributed by atoms with van der Waals surface area (Å²) < 4.78 is 0. The maximum absolute atomic E-state index is 5.46. The summed E-state index contributed by atoms with van der Waals surface area (Å²) in [5, 5.41) is 0. The third kappa shape index (κ3) is 3.10. The number of guanidine groups is 1. The smallest absolute Gasteiger partial charge is 0.208 e. The predicted molar refractivity (Wildman–Crippen MR) is 70.7 cm³/mol. The van der Waals surface area contributed by atoms with Gasteiger partial charge in [0.25, 0.3) is 0 Å². The first-order chi connectivity index (χ1) is 8.35. The number of piperidine rings is 2. The highest BCUT2D eigenvalue weighted by Crippen LogP contribution is 2.20. The molecule has 2 aliphatic heterocycles. The number of nitrogens with zero attached hydrogens (tertiary/aromatic N) is 3. The molecule has 0 aliphatic carbocycles. The van der Waals surface area contributed by atoms with Gasteiger partial charge in [-0.15, -0.1) is 0 Å². The Kier molecular flexibility index (Phi) is 4.62. The molecule has 5 nitrogen and oxygen atoms in total. The third-order valence-electron chi connectivity index (χ3n) is 4.01. The first-order valence-electron chi connectivity index (χ1n) is 6.77. The number of hydrazine groups is 1. The average molecular weight is 239 g/mol. The van der Waals surface area contributed by atoms with Gasteiger partial charge >= 0.3 is 0 Å². The van der Waals surface area contributed by atoms with Crippen molar-refractivity contribution in [3.63, 3.8) is 0 Å². The van der Waals surface area contributed by atoms with Gasteiger partial charge in [-0.2, -0.15) is 0 Å². The summed E-state index contributed by atoms with van der Waals surface area (Å²) in [5.41, 5.74) is 2.68. The van der Waals surface area contributed by atoms with Crippen molar-refractivity contribution in [3.05, 3.63) is 0 Å². The summed E-state index contributed by atoms with van der Waals surface area (Å²) in [6.45, 7) is 4.74. The quantitative estimate of drug-likeness (QED) is 0.301. The maximum Gasteiger partial charge on any atom is 0.208 e. The van der Waals surface area contributed by atoms with Crippen molar-refractivity contribution in [2.45, 2.75) is 38.1 Å². The molecule has 0 saturated carbocycles. The molecule has 2 rings (SSSR count). The Morgan fingerprint density at radius 2 is 1.76 bits per heavy atom. The van der Waals surface area contributed by atoms with E-state index < -0.39 is 0 Å². The fraction of sp³-hybridized carbons (Fsp3) is 0.917. The van der Waals surface area contributed by atoms with Crippen molar-refractivity contribution in [2.75, 3.05) is 33.2 Å². The lowest BCUT2D eigenvalue weighted by molar-refractivity contribution is 0.114. The summed E-state index contributed by atoms with van der Waals surface area (Å²) in [6.07, 6.45) is 6.65. The van der Waals surface area contributed by atoms with E-state index in [1.165, 1.54) is 45.2 Å². The molecule has 98 valence electrons. The predicted octanol–water partition coefficient (Wildman–Crippen LogP) is 0.386. The summed E-state index contributed by atoms with van der Waals surface area (Å²) in [5.74, 6) is 6.28. The van der Waals surface area contributed by atoms with E-state index in [0.717, 1.165) is 25.1 Å². The van der Waals surface area contributed by atoms with Crippen molar-refractivity contribution in [2.24, 2.45) is 10.8 Å². The maximum atomic E-state index is 5.46. The molecule has 0 aromatic rings. The highest BCUT2D eigenvalue weighted by atomic mass is 15.4. The van der Waals surface area contributed by atoms with Crippen molar-refractivity contribution in [3.8, 4) is 0 Å². The van der Waals surface area contributed by atoms with Crippen LogP contribution in [0.25, 0.3) is 0 Å². The zero-order chi connectivity index (χ0) is 12.1. The van der Waals surface area contributed by atoms with Crippen LogP contribution in [0.1, 0.15) is 32.1 Å². The van der Waals surface area contributed by atoms with Crippen LogP contribution in [0.15, 0.2) is 4.99 Å². The van der Waals surface area contributed by atoms with Crippen LogP contribution < -0.4 is 11.3 Å². The van der Waals surface area contributed by atoms with E-state index in [1.807, 2.05) is 0 Å². The van der Waals surface area contributed by atoms with Crippen LogP contribution in [0.2, 0.25) is 0 Å². The van der Waals surface area contributed by atoms with Gasteiger partial charge in [-0.1, -0.05) is 6.42 Å². The van der Waals surface area contributed by atoms with Crippen LogP contribution >= 0.6 is 0 Å². The molecule has 2 heterocycles. The van der Waals surface area contributed by atoms with Crippen LogP contribution in [-0.2, 0) is 0 Å². The van der Waals surface area contributed by atoms with Crippen molar-refractivity contribution < 1.29 is 0 Å². The number of aliphatic imine (C=N–C) groups is 1. The van der Waals surface area contributed by atoms with Crippen LogP contribution in [0.4, 0.5) is 0 Å². The molecule has 2 saturated heterocycles. The Balaban J connectivity index is 1.81. The van der Waals surface area contributed by atoms with E-state index >= 15 is 0 Å². The lowest BCUT2D eigenvalue weighted by Gasteiger charge is -2.40. The molecule has 0 spiro atoms. The van der Waals surface area contributed by atoms with Gasteiger partial charge < -0.3 is 9.80 Å². The lowest BCUT2D eigenvalue weighted by atomic mass is 10.0. The summed E-state index contributed by atoms with van der Waals surface area (Å²) >= 11 is 0. The number of hydrogen-bond acceptors (Lipinski definition) is 3. The van der Waals surface area contributed by atoms with Gasteiger partial charge in [0, 0.05) is 26.2 Å². The summed E-state index contributed by atoms with van der Waals surface area (Å²) in [7, 11) is 1.78. The molecule has 0 unspecified atom stereocenters. The molecule has 0 bridgehead atoms. The van der Waals surface area contributed by atoms with Gasteiger partial charge in [-0.05, 0) is 38.8 Å². The molecular weight excluding hydrogens is 214 g/mol. The zero-order valence-electron chi connectivity index (χ0n) is 10.9. The second kappa shape index (κ2) is 6.21. The second-order valence-electron chi connectivity index (χ2n) is 5.01. The molecular formula is C12H25N5. The minimum Gasteiger partial charge on any atom is -0.342 e. The number of nitrogens with two attached hydrogens (primary N) is 1. The van der Waals surface area contributed by atoms with Gasteiger partial charge in [0.2, 0.25) is 5.96 Å². The standard InChI is InChI=1S/C12H25N5/c1-14-12(15-13)17-9-5-11(6-10-17)16-7-3-2-4-8-16/h11H,2-10,13H2,1H3,(H,14,15). The van der Waals surface area contributed by atoms with Crippen molar-refractivity contribution in [1.82, 2.24) is 15.2 Å². The van der Waals surface area contributed by atoms with E-state index in [4.69, 9.17) is 5.84 Å². The largest absolute Gasteiger partial charge is 0.342 e. The van der Waals surface area contributed by atoms with E-state index in [-0.39, 0.29) is 0 Å². The number of likely N-dealkylation sites (tertiary alicyclic amines) is 2. The van der Waals surface area contributed by atoms with E-state index in [2.05, 4.69) is 20.2 Å². The Morgan fingerprint density at radius 3 is 2.29 bits per heavy atom. The normalized spacial score (nSPS) is 25.1. The molecule has 3 N–H and O–H groups in total. The highest BCUT2D eigenvalue weighted by molar-refractivity contribution is 5.79. The molecule has 0 aromatic heterocycles. The zero-order valence-corrected chi connectivity index (χ0v) is 10.9. The van der Waals surface area contributed by atoms with Crippen LogP contribution in [-0.4, -0.2) is 55.0 Å². The number of hydrogen-bond donors (Lipinski definition) is 2. The minimum absolute atomic E-state index is 0.780. The molecule has 2 aliphatic rings. The Labute approximate surface area is 104 Å². The third-order valence-corrected chi connectivity index (χ3v) is 4.01.